The third-order valence-corrected chi connectivity index (χ3v) is 5.87. The third-order valence-electron chi connectivity index (χ3n) is 5.87. The van der Waals surface area contributed by atoms with Crippen LogP contribution in [0.15, 0.2) is 42.7 Å². The minimum Gasteiger partial charge on any atom is -0.497 e. The lowest BCUT2D eigenvalue weighted by Gasteiger charge is -2.20. The number of benzene rings is 1. The van der Waals surface area contributed by atoms with Crippen molar-refractivity contribution in [3.8, 4) is 11.5 Å². The molecule has 1 aromatic carbocycles. The molecule has 0 spiro atoms. The van der Waals surface area contributed by atoms with Gasteiger partial charge in [0, 0.05) is 5.41 Å². The number of carbonyl (C=O) groups excluding carboxylic acids is 1. The van der Waals surface area contributed by atoms with Crippen molar-refractivity contribution < 1.29 is 18.7 Å². The number of anilines is 1. The smallest absolute Gasteiger partial charge is 0.229 e. The minimum absolute atomic E-state index is 0.188. The molecule has 3 aromatic rings. The molecule has 1 saturated carbocycles. The summed E-state index contributed by atoms with van der Waals surface area (Å²) in [4.78, 5) is 25.6. The van der Waals surface area contributed by atoms with E-state index in [-0.39, 0.29) is 18.4 Å². The van der Waals surface area contributed by atoms with Gasteiger partial charge in [0.05, 0.1) is 37.7 Å². The summed E-state index contributed by atoms with van der Waals surface area (Å²) in [6.07, 6.45) is 3.36. The van der Waals surface area contributed by atoms with Crippen molar-refractivity contribution >= 4 is 11.7 Å². The number of pyridine rings is 1. The van der Waals surface area contributed by atoms with Gasteiger partial charge in [0.25, 0.3) is 0 Å². The second kappa shape index (κ2) is 8.53. The van der Waals surface area contributed by atoms with E-state index < -0.39 is 11.2 Å². The summed E-state index contributed by atoms with van der Waals surface area (Å²) in [5, 5.41) is 2.81. The first kappa shape index (κ1) is 21.7. The van der Waals surface area contributed by atoms with Crippen LogP contribution in [0.4, 0.5) is 10.2 Å². The molecule has 2 atom stereocenters. The first-order chi connectivity index (χ1) is 15.3. The summed E-state index contributed by atoms with van der Waals surface area (Å²) >= 11 is 0. The molecule has 1 aliphatic rings. The van der Waals surface area contributed by atoms with Crippen LogP contribution in [-0.2, 0) is 10.2 Å². The largest absolute Gasteiger partial charge is 0.497 e. The molecule has 1 amide bonds. The number of nitrogens with one attached hydrogen (secondary N) is 1. The zero-order valence-electron chi connectivity index (χ0n) is 18.5. The molecule has 1 aliphatic carbocycles. The van der Waals surface area contributed by atoms with Gasteiger partial charge in [-0.15, -0.1) is 0 Å². The molecule has 1 fully saturated rings. The summed E-state index contributed by atoms with van der Waals surface area (Å²) < 4.78 is 25.0. The van der Waals surface area contributed by atoms with Crippen molar-refractivity contribution in [3.63, 3.8) is 0 Å². The van der Waals surface area contributed by atoms with Gasteiger partial charge in [-0.2, -0.15) is 0 Å². The van der Waals surface area contributed by atoms with Crippen molar-refractivity contribution in [2.45, 2.75) is 32.6 Å². The number of rotatable bonds is 7. The molecule has 8 heteroatoms. The average molecular weight is 436 g/mol. The maximum atomic E-state index is 13.5. The van der Waals surface area contributed by atoms with E-state index in [1.807, 2.05) is 38.1 Å². The Balaban J connectivity index is 1.58. The molecule has 32 heavy (non-hydrogen) atoms. The Morgan fingerprint density at radius 3 is 2.75 bits per heavy atom. The van der Waals surface area contributed by atoms with Crippen molar-refractivity contribution in [2.75, 3.05) is 19.0 Å². The molecule has 2 aromatic heterocycles. The molecule has 2 heterocycles. The van der Waals surface area contributed by atoms with Gasteiger partial charge in [-0.25, -0.2) is 19.3 Å². The number of ether oxygens (including phenoxy) is 2. The number of carbonyl (C=O) groups is 1. The predicted molar refractivity (Wildman–Crippen MR) is 117 cm³/mol. The van der Waals surface area contributed by atoms with Crippen LogP contribution in [0.5, 0.6) is 11.5 Å². The first-order valence-corrected chi connectivity index (χ1v) is 10.3. The summed E-state index contributed by atoms with van der Waals surface area (Å²) in [5.41, 5.74) is 1.57. The molecule has 4 rings (SSSR count). The lowest BCUT2D eigenvalue weighted by atomic mass is 9.93. The fourth-order valence-electron chi connectivity index (χ4n) is 3.89. The van der Waals surface area contributed by atoms with Crippen LogP contribution in [0.1, 0.15) is 29.1 Å². The van der Waals surface area contributed by atoms with E-state index in [2.05, 4.69) is 20.3 Å². The van der Waals surface area contributed by atoms with Crippen molar-refractivity contribution in [1.29, 1.82) is 0 Å². The zero-order valence-corrected chi connectivity index (χ0v) is 18.5. The Morgan fingerprint density at radius 1 is 1.22 bits per heavy atom. The lowest BCUT2D eigenvalue weighted by Crippen LogP contribution is -2.27. The monoisotopic (exact) mass is 436 g/mol. The molecule has 0 bridgehead atoms. The van der Waals surface area contributed by atoms with Crippen LogP contribution in [0.3, 0.4) is 0 Å². The number of methoxy groups -OCH3 is 1. The molecular weight excluding hydrogens is 411 g/mol. The molecule has 0 saturated heterocycles. The molecule has 166 valence electrons. The van der Waals surface area contributed by atoms with E-state index in [0.717, 1.165) is 17.5 Å². The Labute approximate surface area is 186 Å². The van der Waals surface area contributed by atoms with E-state index in [0.29, 0.717) is 35.1 Å². The quantitative estimate of drug-likeness (QED) is 0.604. The fourth-order valence-corrected chi connectivity index (χ4v) is 3.89. The van der Waals surface area contributed by atoms with Crippen molar-refractivity contribution in [2.24, 2.45) is 5.92 Å². The maximum absolute atomic E-state index is 13.5. The summed E-state index contributed by atoms with van der Waals surface area (Å²) in [6.45, 7) is 5.59. The van der Waals surface area contributed by atoms with Gasteiger partial charge in [-0.1, -0.05) is 12.1 Å². The Bertz CT molecular complexity index is 1170. The van der Waals surface area contributed by atoms with Gasteiger partial charge in [-0.3, -0.25) is 4.79 Å². The van der Waals surface area contributed by atoms with Gasteiger partial charge in [0.2, 0.25) is 5.91 Å². The van der Waals surface area contributed by atoms with Crippen molar-refractivity contribution in [3.05, 3.63) is 71.2 Å². The SMILES string of the molecule is COc1cccc(C2(COc3cnc(C)nc3C)CC2C(=O)Nc2cc(C)c(F)cn2)c1. The topological polar surface area (TPSA) is 86.2 Å². The van der Waals surface area contributed by atoms with Gasteiger partial charge < -0.3 is 14.8 Å². The number of hydrogen-bond donors (Lipinski definition) is 1. The highest BCUT2D eigenvalue weighted by atomic mass is 19.1. The zero-order chi connectivity index (χ0) is 22.9. The van der Waals surface area contributed by atoms with E-state index >= 15 is 0 Å². The fraction of sp³-hybridized carbons (Fsp3) is 0.333. The molecule has 0 radical (unpaired) electrons. The van der Waals surface area contributed by atoms with E-state index in [1.165, 1.54) is 6.07 Å². The van der Waals surface area contributed by atoms with Crippen LogP contribution in [0.25, 0.3) is 0 Å². The molecule has 1 N–H and O–H groups in total. The highest BCUT2D eigenvalue weighted by Crippen LogP contribution is 2.55. The molecule has 7 nitrogen and oxygen atoms in total. The second-order valence-electron chi connectivity index (χ2n) is 8.11. The molecular formula is C24H25FN4O3. The van der Waals surface area contributed by atoms with Gasteiger partial charge in [0.1, 0.15) is 23.2 Å². The summed E-state index contributed by atoms with van der Waals surface area (Å²) in [5.74, 6) is 1.34. The van der Waals surface area contributed by atoms with E-state index in [1.54, 1.807) is 20.2 Å². The third kappa shape index (κ3) is 4.26. The van der Waals surface area contributed by atoms with E-state index in [4.69, 9.17) is 9.47 Å². The van der Waals surface area contributed by atoms with Crippen LogP contribution in [0, 0.1) is 32.5 Å². The molecule has 2 unspecified atom stereocenters. The first-order valence-electron chi connectivity index (χ1n) is 10.3. The second-order valence-corrected chi connectivity index (χ2v) is 8.11. The number of aryl methyl sites for hydroxylation is 3. The molecule has 0 aliphatic heterocycles. The number of halogens is 1. The number of amides is 1. The standard InChI is InChI=1S/C24H25FN4O3/c1-14-8-22(27-11-20(14)25)29-23(30)19-10-24(19,17-6-5-7-18(9-17)31-4)13-32-21-12-26-16(3)28-15(21)2/h5-9,11-12,19H,10,13H2,1-4H3,(H,27,29,30). The minimum atomic E-state index is -0.537. The van der Waals surface area contributed by atoms with Crippen LogP contribution >= 0.6 is 0 Å². The highest BCUT2D eigenvalue weighted by Gasteiger charge is 2.60. The summed E-state index contributed by atoms with van der Waals surface area (Å²) in [6, 6.07) is 9.17. The average Bonchev–Trinajstić information content (AvgIpc) is 3.52. The lowest BCUT2D eigenvalue weighted by molar-refractivity contribution is -0.117. The number of nitrogens with zero attached hydrogens (tertiary/aromatic N) is 3. The number of aromatic nitrogens is 3. The van der Waals surface area contributed by atoms with Gasteiger partial charge >= 0.3 is 0 Å². The highest BCUT2D eigenvalue weighted by molar-refractivity contribution is 5.95. The summed E-state index contributed by atoms with van der Waals surface area (Å²) in [7, 11) is 1.61. The van der Waals surface area contributed by atoms with Gasteiger partial charge in [-0.05, 0) is 56.5 Å². The Morgan fingerprint density at radius 2 is 2.03 bits per heavy atom. The Hall–Kier alpha value is -3.55. The van der Waals surface area contributed by atoms with Crippen LogP contribution in [-0.4, -0.2) is 34.6 Å². The number of hydrogen-bond acceptors (Lipinski definition) is 6. The van der Waals surface area contributed by atoms with Gasteiger partial charge in [0.15, 0.2) is 5.75 Å². The van der Waals surface area contributed by atoms with E-state index in [9.17, 15) is 9.18 Å². The normalized spacial score (nSPS) is 19.3. The van der Waals surface area contributed by atoms with Crippen LogP contribution in [0.2, 0.25) is 0 Å². The van der Waals surface area contributed by atoms with Crippen molar-refractivity contribution in [1.82, 2.24) is 15.0 Å². The maximum Gasteiger partial charge on any atom is 0.229 e. The van der Waals surface area contributed by atoms with Crippen LogP contribution < -0.4 is 14.8 Å². The Kier molecular flexibility index (Phi) is 5.78. The predicted octanol–water partition coefficient (Wildman–Crippen LogP) is 3.92.